The Morgan fingerprint density at radius 3 is 2.56 bits per heavy atom. The van der Waals surface area contributed by atoms with Gasteiger partial charge in [-0.3, -0.25) is 9.69 Å². The van der Waals surface area contributed by atoms with Crippen molar-refractivity contribution in [2.45, 2.75) is 26.8 Å². The van der Waals surface area contributed by atoms with E-state index in [1.807, 2.05) is 18.2 Å². The molecular formula is C14H23N3O. The summed E-state index contributed by atoms with van der Waals surface area (Å²) in [5, 5.41) is 2.92. The van der Waals surface area contributed by atoms with Crippen LogP contribution in [0.1, 0.15) is 25.8 Å². The second-order valence-electron chi connectivity index (χ2n) is 4.21. The lowest BCUT2D eigenvalue weighted by Crippen LogP contribution is -2.23. The topological polar surface area (TPSA) is 58.4 Å². The molecule has 0 aliphatic heterocycles. The zero-order valence-electron chi connectivity index (χ0n) is 11.3. The van der Waals surface area contributed by atoms with Crippen LogP contribution in [0.5, 0.6) is 0 Å². The minimum Gasteiger partial charge on any atom is -0.330 e. The molecule has 0 spiro atoms. The van der Waals surface area contributed by atoms with Gasteiger partial charge in [-0.1, -0.05) is 32.0 Å². The van der Waals surface area contributed by atoms with Gasteiger partial charge in [-0.2, -0.15) is 0 Å². The Morgan fingerprint density at radius 2 is 1.94 bits per heavy atom. The Morgan fingerprint density at radius 1 is 1.28 bits per heavy atom. The first kappa shape index (κ1) is 14.7. The smallest absolute Gasteiger partial charge is 0.225 e. The van der Waals surface area contributed by atoms with Crippen molar-refractivity contribution < 1.29 is 4.79 Å². The van der Waals surface area contributed by atoms with Crippen LogP contribution in [0.15, 0.2) is 24.3 Å². The Kier molecular flexibility index (Phi) is 6.39. The normalized spacial score (nSPS) is 10.7. The van der Waals surface area contributed by atoms with E-state index in [-0.39, 0.29) is 5.91 Å². The Hall–Kier alpha value is -1.39. The van der Waals surface area contributed by atoms with E-state index < -0.39 is 0 Å². The van der Waals surface area contributed by atoms with E-state index >= 15 is 0 Å². The van der Waals surface area contributed by atoms with Crippen LogP contribution in [-0.2, 0) is 11.3 Å². The maximum atomic E-state index is 11.6. The van der Waals surface area contributed by atoms with Crippen molar-refractivity contribution in [3.05, 3.63) is 29.8 Å². The molecule has 100 valence electrons. The number of hydrogen-bond acceptors (Lipinski definition) is 3. The number of benzene rings is 1. The van der Waals surface area contributed by atoms with Crippen LogP contribution in [0.3, 0.4) is 0 Å². The van der Waals surface area contributed by atoms with Gasteiger partial charge in [0.15, 0.2) is 0 Å². The van der Waals surface area contributed by atoms with Crippen molar-refractivity contribution in [2.75, 3.05) is 25.0 Å². The minimum atomic E-state index is -0.0236. The molecule has 0 saturated carbocycles. The lowest BCUT2D eigenvalue weighted by molar-refractivity contribution is -0.116. The summed E-state index contributed by atoms with van der Waals surface area (Å²) in [6.07, 6.45) is 0.361. The molecule has 0 fully saturated rings. The molecule has 4 heteroatoms. The molecule has 0 radical (unpaired) electrons. The van der Waals surface area contributed by atoms with E-state index in [4.69, 9.17) is 5.73 Å². The van der Waals surface area contributed by atoms with Crippen molar-refractivity contribution >= 4 is 11.6 Å². The van der Waals surface area contributed by atoms with E-state index in [9.17, 15) is 4.79 Å². The summed E-state index contributed by atoms with van der Waals surface area (Å²) in [7, 11) is 0. The van der Waals surface area contributed by atoms with Gasteiger partial charge in [0.2, 0.25) is 5.91 Å². The van der Waals surface area contributed by atoms with Crippen molar-refractivity contribution in [3.8, 4) is 0 Å². The molecule has 0 aliphatic carbocycles. The van der Waals surface area contributed by atoms with Gasteiger partial charge in [0.25, 0.3) is 0 Å². The molecule has 0 aromatic heterocycles. The first-order valence-electron chi connectivity index (χ1n) is 6.51. The molecular weight excluding hydrogens is 226 g/mol. The third kappa shape index (κ3) is 4.47. The molecule has 1 aromatic carbocycles. The van der Waals surface area contributed by atoms with Crippen LogP contribution in [-0.4, -0.2) is 30.4 Å². The third-order valence-electron chi connectivity index (χ3n) is 2.95. The van der Waals surface area contributed by atoms with E-state index in [0.29, 0.717) is 13.0 Å². The van der Waals surface area contributed by atoms with Crippen LogP contribution in [0.4, 0.5) is 5.69 Å². The number of hydrogen-bond donors (Lipinski definition) is 2. The molecule has 1 rings (SSSR count). The van der Waals surface area contributed by atoms with E-state index in [0.717, 1.165) is 30.9 Å². The zero-order chi connectivity index (χ0) is 13.4. The number of rotatable bonds is 7. The summed E-state index contributed by atoms with van der Waals surface area (Å²) in [6.45, 7) is 7.51. The summed E-state index contributed by atoms with van der Waals surface area (Å²) >= 11 is 0. The first-order chi connectivity index (χ1) is 8.71. The fourth-order valence-corrected chi connectivity index (χ4v) is 1.81. The SMILES string of the molecule is CCN(CC)Cc1ccccc1NC(=O)CCN. The van der Waals surface area contributed by atoms with Gasteiger partial charge >= 0.3 is 0 Å². The summed E-state index contributed by atoms with van der Waals surface area (Å²) in [6, 6.07) is 7.92. The number of amides is 1. The molecule has 1 aromatic rings. The molecule has 1 amide bonds. The third-order valence-corrected chi connectivity index (χ3v) is 2.95. The number of nitrogens with one attached hydrogen (secondary N) is 1. The summed E-state index contributed by atoms with van der Waals surface area (Å²) < 4.78 is 0. The predicted octanol–water partition coefficient (Wildman–Crippen LogP) is 1.82. The number of anilines is 1. The molecule has 0 unspecified atom stereocenters. The lowest BCUT2D eigenvalue weighted by atomic mass is 10.1. The summed E-state index contributed by atoms with van der Waals surface area (Å²) in [5.41, 5.74) is 7.41. The maximum absolute atomic E-state index is 11.6. The average molecular weight is 249 g/mol. The molecule has 0 bridgehead atoms. The number of para-hydroxylation sites is 1. The van der Waals surface area contributed by atoms with Crippen molar-refractivity contribution in [2.24, 2.45) is 5.73 Å². The highest BCUT2D eigenvalue weighted by molar-refractivity contribution is 5.91. The lowest BCUT2D eigenvalue weighted by Gasteiger charge is -2.20. The summed E-state index contributed by atoms with van der Waals surface area (Å²) in [4.78, 5) is 13.9. The van der Waals surface area contributed by atoms with Gasteiger partial charge in [0.05, 0.1) is 0 Å². The zero-order valence-corrected chi connectivity index (χ0v) is 11.3. The van der Waals surface area contributed by atoms with Crippen LogP contribution < -0.4 is 11.1 Å². The highest BCUT2D eigenvalue weighted by atomic mass is 16.1. The highest BCUT2D eigenvalue weighted by Gasteiger charge is 2.08. The average Bonchev–Trinajstić information content (AvgIpc) is 2.38. The monoisotopic (exact) mass is 249 g/mol. The van der Waals surface area contributed by atoms with Crippen LogP contribution >= 0.6 is 0 Å². The van der Waals surface area contributed by atoms with Gasteiger partial charge < -0.3 is 11.1 Å². The minimum absolute atomic E-state index is 0.0236. The van der Waals surface area contributed by atoms with Gasteiger partial charge in [0, 0.05) is 25.2 Å². The van der Waals surface area contributed by atoms with E-state index in [1.165, 1.54) is 0 Å². The Labute approximate surface area is 109 Å². The second kappa shape index (κ2) is 7.84. The van der Waals surface area contributed by atoms with Crippen molar-refractivity contribution in [1.29, 1.82) is 0 Å². The van der Waals surface area contributed by atoms with E-state index in [1.54, 1.807) is 0 Å². The van der Waals surface area contributed by atoms with Crippen molar-refractivity contribution in [1.82, 2.24) is 4.90 Å². The fraction of sp³-hybridized carbons (Fsp3) is 0.500. The largest absolute Gasteiger partial charge is 0.330 e. The van der Waals surface area contributed by atoms with Gasteiger partial charge in [-0.05, 0) is 24.7 Å². The van der Waals surface area contributed by atoms with Gasteiger partial charge in [-0.25, -0.2) is 0 Å². The number of carbonyl (C=O) groups is 1. The standard InChI is InChI=1S/C14H23N3O/c1-3-17(4-2)11-12-7-5-6-8-13(12)16-14(18)9-10-15/h5-8H,3-4,9-11,15H2,1-2H3,(H,16,18). The molecule has 0 aliphatic rings. The number of nitrogens with two attached hydrogens (primary N) is 1. The predicted molar refractivity (Wildman–Crippen MR) is 75.4 cm³/mol. The van der Waals surface area contributed by atoms with Crippen molar-refractivity contribution in [3.63, 3.8) is 0 Å². The van der Waals surface area contributed by atoms with E-state index in [2.05, 4.69) is 30.1 Å². The Balaban J connectivity index is 2.75. The number of nitrogens with zero attached hydrogens (tertiary/aromatic N) is 1. The second-order valence-corrected chi connectivity index (χ2v) is 4.21. The molecule has 0 saturated heterocycles. The number of carbonyl (C=O) groups excluding carboxylic acids is 1. The molecule has 0 heterocycles. The first-order valence-corrected chi connectivity index (χ1v) is 6.51. The van der Waals surface area contributed by atoms with Gasteiger partial charge in [-0.15, -0.1) is 0 Å². The molecule has 4 nitrogen and oxygen atoms in total. The highest BCUT2D eigenvalue weighted by Crippen LogP contribution is 2.17. The van der Waals surface area contributed by atoms with Gasteiger partial charge in [0.1, 0.15) is 0 Å². The summed E-state index contributed by atoms with van der Waals surface area (Å²) in [5.74, 6) is -0.0236. The Bertz CT molecular complexity index is 375. The quantitative estimate of drug-likeness (QED) is 0.775. The molecule has 18 heavy (non-hydrogen) atoms. The van der Waals surface area contributed by atoms with Crippen LogP contribution in [0.25, 0.3) is 0 Å². The molecule has 0 atom stereocenters. The molecule has 3 N–H and O–H groups in total. The van der Waals surface area contributed by atoms with Crippen LogP contribution in [0, 0.1) is 0 Å². The maximum Gasteiger partial charge on any atom is 0.225 e. The fourth-order valence-electron chi connectivity index (χ4n) is 1.81. The van der Waals surface area contributed by atoms with Crippen LogP contribution in [0.2, 0.25) is 0 Å².